The van der Waals surface area contributed by atoms with Gasteiger partial charge in [-0.1, -0.05) is 54.1 Å². The molecule has 1 amide bonds. The molecule has 3 aromatic carbocycles. The molecule has 41 heavy (non-hydrogen) atoms. The van der Waals surface area contributed by atoms with Gasteiger partial charge in [-0.05, 0) is 47.9 Å². The Kier molecular flexibility index (Phi) is 8.26. The summed E-state index contributed by atoms with van der Waals surface area (Å²) < 4.78 is 35.6. The molecule has 1 unspecified atom stereocenters. The van der Waals surface area contributed by atoms with Crippen LogP contribution in [0.15, 0.2) is 91.3 Å². The van der Waals surface area contributed by atoms with Gasteiger partial charge in [0.15, 0.2) is 5.82 Å². The van der Waals surface area contributed by atoms with Gasteiger partial charge in [0.1, 0.15) is 24.7 Å². The number of anilines is 1. The molecule has 10 heteroatoms. The molecule has 0 bridgehead atoms. The number of imidazole rings is 1. The highest BCUT2D eigenvalue weighted by molar-refractivity contribution is 6.31. The molecule has 0 saturated carbocycles. The fraction of sp³-hybridized carbons (Fsp3) is 0.129. The lowest BCUT2D eigenvalue weighted by Crippen LogP contribution is -2.46. The molecule has 0 fully saturated rings. The first-order valence-corrected chi connectivity index (χ1v) is 13.0. The third-order valence-electron chi connectivity index (χ3n) is 6.67. The lowest BCUT2D eigenvalue weighted by molar-refractivity contribution is -0.890. The second-order valence-electron chi connectivity index (χ2n) is 9.19. The normalized spacial score (nSPS) is 11.6. The van der Waals surface area contributed by atoms with Crippen molar-refractivity contribution >= 4 is 23.4 Å². The van der Waals surface area contributed by atoms with Gasteiger partial charge in [-0.3, -0.25) is 10.2 Å². The predicted molar refractivity (Wildman–Crippen MR) is 152 cm³/mol. The molecule has 208 valence electrons. The highest BCUT2D eigenvalue weighted by Crippen LogP contribution is 2.32. The largest absolute Gasteiger partial charge is 0.453 e. The number of nitrogens with zero attached hydrogens (tertiary/aromatic N) is 2. The van der Waals surface area contributed by atoms with Gasteiger partial charge in [-0.15, -0.1) is 0 Å². The van der Waals surface area contributed by atoms with E-state index in [2.05, 4.69) is 15.0 Å². The van der Waals surface area contributed by atoms with E-state index in [0.717, 1.165) is 22.9 Å². The Bertz CT molecular complexity index is 1680. The van der Waals surface area contributed by atoms with Crippen LogP contribution < -0.4 is 14.9 Å². The fourth-order valence-corrected chi connectivity index (χ4v) is 4.77. The summed E-state index contributed by atoms with van der Waals surface area (Å²) in [4.78, 5) is 25.3. The van der Waals surface area contributed by atoms with Crippen molar-refractivity contribution in [2.24, 2.45) is 0 Å². The van der Waals surface area contributed by atoms with Gasteiger partial charge in [0.2, 0.25) is 11.9 Å². The molecular formula is C31H26ClF2N4O3+. The number of pyridine rings is 1. The second kappa shape index (κ2) is 12.2. The molecule has 2 aromatic heterocycles. The van der Waals surface area contributed by atoms with E-state index in [-0.39, 0.29) is 22.1 Å². The minimum absolute atomic E-state index is 0.173. The van der Waals surface area contributed by atoms with Gasteiger partial charge in [-0.2, -0.15) is 0 Å². The molecule has 0 saturated heterocycles. The van der Waals surface area contributed by atoms with Crippen LogP contribution in [-0.2, 0) is 11.2 Å². The van der Waals surface area contributed by atoms with Gasteiger partial charge < -0.3 is 9.72 Å². The van der Waals surface area contributed by atoms with Crippen molar-refractivity contribution in [3.63, 3.8) is 0 Å². The maximum Gasteiger partial charge on any atom is 0.411 e. The maximum absolute atomic E-state index is 14.8. The molecule has 5 aromatic rings. The van der Waals surface area contributed by atoms with Crippen molar-refractivity contribution in [3.8, 4) is 22.4 Å². The number of nitrogens with one attached hydrogen (secondary N) is 2. The number of ether oxygens (including phenoxy) is 1. The van der Waals surface area contributed by atoms with E-state index in [1.54, 1.807) is 30.5 Å². The first-order chi connectivity index (χ1) is 19.9. The van der Waals surface area contributed by atoms with Crippen LogP contribution in [0.3, 0.4) is 0 Å². The zero-order valence-corrected chi connectivity index (χ0v) is 23.0. The number of H-pyrrole nitrogens is 1. The van der Waals surface area contributed by atoms with E-state index < -0.39 is 17.7 Å². The standard InChI is InChI=1S/C31H25ClF2N4O3/c1-40-31(39)36-22-11-8-20(9-12-22)26-17-35-30(37-26)23(16-19-6-4-3-5-7-19)27-15-10-21(18-38(27)41-2)28-25(33)14-13-24(32)29(28)34/h3-15,17-18,23H,16H2,1-2H3,(H-,35,36,37,39)/p+1. The van der Waals surface area contributed by atoms with Crippen LogP contribution in [0, 0.1) is 11.6 Å². The zero-order chi connectivity index (χ0) is 28.9. The van der Waals surface area contributed by atoms with Gasteiger partial charge in [0, 0.05) is 16.5 Å². The minimum Gasteiger partial charge on any atom is -0.453 e. The Balaban J connectivity index is 1.53. The van der Waals surface area contributed by atoms with Crippen molar-refractivity contribution in [1.29, 1.82) is 0 Å². The van der Waals surface area contributed by atoms with Crippen LogP contribution >= 0.6 is 11.6 Å². The number of hydrogen-bond donors (Lipinski definition) is 2. The van der Waals surface area contributed by atoms with Crippen LogP contribution in [0.2, 0.25) is 5.02 Å². The summed E-state index contributed by atoms with van der Waals surface area (Å²) in [6, 6.07) is 22.9. The Morgan fingerprint density at radius 1 is 1.00 bits per heavy atom. The van der Waals surface area contributed by atoms with Crippen LogP contribution in [-0.4, -0.2) is 30.3 Å². The second-order valence-corrected chi connectivity index (χ2v) is 9.59. The highest BCUT2D eigenvalue weighted by atomic mass is 35.5. The number of hydrogen-bond acceptors (Lipinski definition) is 4. The summed E-state index contributed by atoms with van der Waals surface area (Å²) in [5.41, 5.74) is 4.03. The number of aromatic nitrogens is 3. The summed E-state index contributed by atoms with van der Waals surface area (Å²) in [7, 11) is 2.78. The van der Waals surface area contributed by atoms with E-state index in [1.807, 2.05) is 42.5 Å². The van der Waals surface area contributed by atoms with E-state index in [1.165, 1.54) is 31.2 Å². The first kappa shape index (κ1) is 27.8. The van der Waals surface area contributed by atoms with E-state index in [9.17, 15) is 13.6 Å². The summed E-state index contributed by atoms with van der Waals surface area (Å²) in [5.74, 6) is -1.22. The van der Waals surface area contributed by atoms with Crippen molar-refractivity contribution < 1.29 is 27.9 Å². The molecule has 5 rings (SSSR count). The average Bonchev–Trinajstić information content (AvgIpc) is 3.49. The summed E-state index contributed by atoms with van der Waals surface area (Å²) in [6.45, 7) is 0. The molecule has 2 heterocycles. The zero-order valence-electron chi connectivity index (χ0n) is 22.2. The number of benzene rings is 3. The fourth-order valence-electron chi connectivity index (χ4n) is 4.61. The number of carbonyl (C=O) groups excluding carboxylic acids is 1. The Hall–Kier alpha value is -4.76. The number of carbonyl (C=O) groups is 1. The summed E-state index contributed by atoms with van der Waals surface area (Å²) >= 11 is 5.94. The van der Waals surface area contributed by atoms with Crippen molar-refractivity contribution in [2.75, 3.05) is 19.5 Å². The topological polar surface area (TPSA) is 80.1 Å². The summed E-state index contributed by atoms with van der Waals surface area (Å²) in [5, 5.41) is 2.45. The quantitative estimate of drug-likeness (QED) is 0.162. The Morgan fingerprint density at radius 2 is 1.73 bits per heavy atom. The molecule has 0 spiro atoms. The lowest BCUT2D eigenvalue weighted by atomic mass is 9.94. The molecule has 0 radical (unpaired) electrons. The minimum atomic E-state index is -0.841. The van der Waals surface area contributed by atoms with E-state index in [0.29, 0.717) is 23.6 Å². The molecule has 0 aliphatic heterocycles. The number of amides is 1. The molecular weight excluding hydrogens is 550 g/mol. The Morgan fingerprint density at radius 3 is 2.44 bits per heavy atom. The van der Waals surface area contributed by atoms with Crippen molar-refractivity contribution in [3.05, 3.63) is 125 Å². The van der Waals surface area contributed by atoms with E-state index >= 15 is 0 Å². The van der Waals surface area contributed by atoms with Gasteiger partial charge in [-0.25, -0.2) is 18.6 Å². The monoisotopic (exact) mass is 575 g/mol. The summed E-state index contributed by atoms with van der Waals surface area (Å²) in [6.07, 6.45) is 3.28. The number of aromatic amines is 1. The predicted octanol–water partition coefficient (Wildman–Crippen LogP) is 6.57. The van der Waals surface area contributed by atoms with Crippen molar-refractivity contribution in [2.45, 2.75) is 12.3 Å². The first-order valence-electron chi connectivity index (χ1n) is 12.7. The van der Waals surface area contributed by atoms with Crippen LogP contribution in [0.5, 0.6) is 0 Å². The Labute approximate surface area is 240 Å². The smallest absolute Gasteiger partial charge is 0.411 e. The number of rotatable bonds is 8. The molecule has 0 aliphatic carbocycles. The number of halogens is 3. The van der Waals surface area contributed by atoms with Gasteiger partial charge in [0.25, 0.3) is 0 Å². The van der Waals surface area contributed by atoms with E-state index in [4.69, 9.17) is 21.4 Å². The van der Waals surface area contributed by atoms with Gasteiger partial charge in [0.05, 0.1) is 35.2 Å². The van der Waals surface area contributed by atoms with Crippen LogP contribution in [0.1, 0.15) is 23.0 Å². The third-order valence-corrected chi connectivity index (χ3v) is 6.96. The average molecular weight is 576 g/mol. The molecule has 0 aliphatic rings. The highest BCUT2D eigenvalue weighted by Gasteiger charge is 2.30. The molecule has 2 N–H and O–H groups in total. The molecule has 7 nitrogen and oxygen atoms in total. The third kappa shape index (κ3) is 6.05. The number of methoxy groups -OCH3 is 1. The van der Waals surface area contributed by atoms with Gasteiger partial charge >= 0.3 is 6.09 Å². The van der Waals surface area contributed by atoms with Crippen LogP contribution in [0.4, 0.5) is 19.3 Å². The lowest BCUT2D eigenvalue weighted by Gasteiger charge is -2.14. The maximum atomic E-state index is 14.8. The molecule has 1 atom stereocenters. The van der Waals surface area contributed by atoms with Crippen molar-refractivity contribution in [1.82, 2.24) is 9.97 Å². The van der Waals surface area contributed by atoms with Crippen LogP contribution in [0.25, 0.3) is 22.4 Å². The SMILES string of the molecule is COC(=O)Nc1ccc(-c2cnc(C(Cc3ccccc3)c3ccc(-c4c(F)ccc(Cl)c4F)c[n+]3OC)[nH]2)cc1.